The minimum absolute atomic E-state index is 0.0305. The molecule has 0 aromatic heterocycles. The summed E-state index contributed by atoms with van der Waals surface area (Å²) in [4.78, 5) is 72.7. The molecule has 19 heteroatoms. The summed E-state index contributed by atoms with van der Waals surface area (Å²) in [5.74, 6) is -2.32. The topological polar surface area (TPSA) is 237 Å². The highest BCUT2D eigenvalue weighted by Gasteiger charge is 2.30. The smallest absolute Gasteiger partial charge is 0.462 e. The Morgan fingerprint density at radius 1 is 0.296 bits per heavy atom. The Bertz CT molecular complexity index is 2480. The van der Waals surface area contributed by atoms with Crippen molar-refractivity contribution in [3.05, 3.63) is 158 Å². The number of hydrogen-bond donors (Lipinski definition) is 3. The number of phosphoric acid groups is 2. The zero-order chi connectivity index (χ0) is 71.8. The van der Waals surface area contributed by atoms with Crippen LogP contribution in [0.2, 0.25) is 0 Å². The van der Waals surface area contributed by atoms with Crippen LogP contribution in [0.5, 0.6) is 0 Å². The van der Waals surface area contributed by atoms with Crippen LogP contribution in [-0.2, 0) is 65.4 Å². The molecule has 556 valence electrons. The normalized spacial score (nSPS) is 14.9. The number of rotatable bonds is 67. The van der Waals surface area contributed by atoms with Gasteiger partial charge >= 0.3 is 39.5 Å². The van der Waals surface area contributed by atoms with Gasteiger partial charge in [0.1, 0.15) is 19.3 Å². The lowest BCUT2D eigenvalue weighted by molar-refractivity contribution is -0.161. The Hall–Kier alpha value is -5.32. The molecule has 0 radical (unpaired) electrons. The molecule has 0 fully saturated rings. The van der Waals surface area contributed by atoms with Crippen LogP contribution >= 0.6 is 15.6 Å². The number of aliphatic hydroxyl groups excluding tert-OH is 1. The monoisotopic (exact) mass is 1410 g/mol. The van der Waals surface area contributed by atoms with Crippen LogP contribution in [0.3, 0.4) is 0 Å². The molecule has 0 aliphatic heterocycles. The predicted molar refractivity (Wildman–Crippen MR) is 399 cm³/mol. The molecule has 0 spiro atoms. The lowest BCUT2D eigenvalue weighted by Crippen LogP contribution is -2.30. The van der Waals surface area contributed by atoms with Gasteiger partial charge in [0, 0.05) is 25.7 Å². The molecule has 5 atom stereocenters. The van der Waals surface area contributed by atoms with Gasteiger partial charge in [-0.3, -0.25) is 37.3 Å². The fraction of sp³-hybridized carbons (Fsp3) is 0.620. The third kappa shape index (κ3) is 69.2. The molecule has 0 saturated carbocycles. The maximum absolute atomic E-state index is 13.1. The first-order chi connectivity index (χ1) is 47.7. The van der Waals surface area contributed by atoms with Crippen molar-refractivity contribution < 1.29 is 80.2 Å². The van der Waals surface area contributed by atoms with Crippen molar-refractivity contribution in [1.82, 2.24) is 0 Å². The molecule has 5 unspecified atom stereocenters. The summed E-state index contributed by atoms with van der Waals surface area (Å²) < 4.78 is 68.2. The second-order valence-electron chi connectivity index (χ2n) is 23.7. The average molecular weight is 1410 g/mol. The minimum atomic E-state index is -5.00. The van der Waals surface area contributed by atoms with E-state index in [1.54, 1.807) is 0 Å². The second-order valence-corrected chi connectivity index (χ2v) is 26.6. The van der Waals surface area contributed by atoms with E-state index < -0.39 is 97.5 Å². The zero-order valence-electron chi connectivity index (χ0n) is 60.4. The van der Waals surface area contributed by atoms with Crippen molar-refractivity contribution in [2.75, 3.05) is 39.6 Å². The van der Waals surface area contributed by atoms with Crippen molar-refractivity contribution in [2.45, 2.75) is 277 Å². The van der Waals surface area contributed by atoms with E-state index in [9.17, 15) is 43.2 Å². The molecule has 0 aliphatic rings. The highest BCUT2D eigenvalue weighted by atomic mass is 31.2. The number of allylic oxidation sites excluding steroid dienone is 26. The molecule has 98 heavy (non-hydrogen) atoms. The molecule has 3 N–H and O–H groups in total. The van der Waals surface area contributed by atoms with E-state index in [0.717, 1.165) is 161 Å². The third-order valence-electron chi connectivity index (χ3n) is 14.5. The number of ether oxygens (including phenoxy) is 4. The number of unbranched alkanes of at least 4 members (excludes halogenated alkanes) is 15. The molecule has 0 saturated heterocycles. The molecule has 0 bridgehead atoms. The summed E-state index contributed by atoms with van der Waals surface area (Å²) in [6.45, 7) is 4.31. The van der Waals surface area contributed by atoms with E-state index in [1.165, 1.54) is 12.8 Å². The lowest BCUT2D eigenvalue weighted by Gasteiger charge is -2.21. The fourth-order valence-corrected chi connectivity index (χ4v) is 10.5. The van der Waals surface area contributed by atoms with Gasteiger partial charge in [-0.2, -0.15) is 0 Å². The number of carbonyl (C=O) groups is 4. The predicted octanol–water partition coefficient (Wildman–Crippen LogP) is 20.9. The van der Waals surface area contributed by atoms with E-state index in [4.69, 9.17) is 37.0 Å². The second kappa shape index (κ2) is 70.1. The van der Waals surface area contributed by atoms with Crippen LogP contribution < -0.4 is 0 Å². The number of hydrogen-bond acceptors (Lipinski definition) is 15. The first-order valence-corrected chi connectivity index (χ1v) is 39.7. The van der Waals surface area contributed by atoms with E-state index in [0.29, 0.717) is 32.1 Å². The Labute approximate surface area is 591 Å². The van der Waals surface area contributed by atoms with Gasteiger partial charge in [0.05, 0.1) is 26.4 Å². The molecule has 0 aromatic carbocycles. The van der Waals surface area contributed by atoms with Gasteiger partial charge in [-0.25, -0.2) is 9.13 Å². The van der Waals surface area contributed by atoms with E-state index in [2.05, 4.69) is 186 Å². The molecular formula is C79H128O17P2. The van der Waals surface area contributed by atoms with Gasteiger partial charge < -0.3 is 33.8 Å². The summed E-state index contributed by atoms with van der Waals surface area (Å²) in [5, 5.41) is 10.6. The molecule has 0 heterocycles. The molecule has 0 aliphatic carbocycles. The number of carbonyl (C=O) groups excluding carboxylic acids is 4. The quantitative estimate of drug-likeness (QED) is 0.0169. The van der Waals surface area contributed by atoms with Gasteiger partial charge in [-0.05, 0) is 161 Å². The van der Waals surface area contributed by atoms with Gasteiger partial charge in [0.2, 0.25) is 0 Å². The standard InChI is InChI=1S/C79H128O17P2/c1-5-9-13-17-21-25-29-32-35-36-39-41-45-48-52-56-60-64-77(82)90-70-75(96-79(84)66-62-58-54-50-46-42-38-34-31-27-23-19-15-11-7-3)72-94-98(87,88)92-68-73(80)67-91-97(85,86)93-71-74(95-78(83)65-61-57-53-49-43-28-24-20-16-12-8-4)69-89-76(81)63-59-55-51-47-44-40-37-33-30-26-22-18-14-10-6-2/h9-11,13-15,20-27,32-35,37-39,41,44,46-47,50,73-75,80H,5-8,12,16-19,28-31,36,40,42-43,45,48-49,51-72H2,1-4H3,(H,85,86)(H,87,88)/b13-9-,14-10-,15-11-,24-20-,25-21-,26-22-,27-23-,35-32-,37-33-,38-34-,41-39-,47-44-,50-46-. The van der Waals surface area contributed by atoms with Crippen molar-refractivity contribution in [3.63, 3.8) is 0 Å². The molecule has 0 aromatic rings. The van der Waals surface area contributed by atoms with Crippen molar-refractivity contribution >= 4 is 39.5 Å². The zero-order valence-corrected chi connectivity index (χ0v) is 62.2. The van der Waals surface area contributed by atoms with Crippen LogP contribution in [-0.4, -0.2) is 96.7 Å². The summed E-state index contributed by atoms with van der Waals surface area (Å²) in [6, 6.07) is 0. The Morgan fingerprint density at radius 3 is 0.847 bits per heavy atom. The Kier molecular flexibility index (Phi) is 66.3. The largest absolute Gasteiger partial charge is 0.472 e. The Balaban J connectivity index is 5.44. The van der Waals surface area contributed by atoms with Crippen LogP contribution in [0, 0.1) is 0 Å². The molecule has 0 amide bonds. The summed E-state index contributed by atoms with van der Waals surface area (Å²) in [5.41, 5.74) is 0. The Morgan fingerprint density at radius 2 is 0.531 bits per heavy atom. The summed E-state index contributed by atoms with van der Waals surface area (Å²) in [7, 11) is -9.99. The molecule has 0 rings (SSSR count). The van der Waals surface area contributed by atoms with Gasteiger partial charge in [-0.1, -0.05) is 231 Å². The van der Waals surface area contributed by atoms with Crippen LogP contribution in [0.25, 0.3) is 0 Å². The van der Waals surface area contributed by atoms with E-state index in [-0.39, 0.29) is 25.7 Å². The molecular weight excluding hydrogens is 1280 g/mol. The minimum Gasteiger partial charge on any atom is -0.462 e. The van der Waals surface area contributed by atoms with Gasteiger partial charge in [-0.15, -0.1) is 0 Å². The highest BCUT2D eigenvalue weighted by Crippen LogP contribution is 2.45. The summed E-state index contributed by atoms with van der Waals surface area (Å²) >= 11 is 0. The fourth-order valence-electron chi connectivity index (χ4n) is 8.94. The van der Waals surface area contributed by atoms with Gasteiger partial charge in [0.25, 0.3) is 0 Å². The van der Waals surface area contributed by atoms with Crippen molar-refractivity contribution in [3.8, 4) is 0 Å². The highest BCUT2D eigenvalue weighted by molar-refractivity contribution is 7.47. The number of esters is 4. The van der Waals surface area contributed by atoms with Crippen LogP contribution in [0.4, 0.5) is 0 Å². The molecule has 17 nitrogen and oxygen atoms in total. The van der Waals surface area contributed by atoms with Crippen LogP contribution in [0.1, 0.15) is 259 Å². The SMILES string of the molecule is CC/C=C\C/C=C\C/C=C\C/C=C\CCCCCCC(=O)OCC(COP(=O)(O)OCC(O)COP(=O)(O)OCC(COC(=O)CCCC/C=C\C/C=C\C/C=C\C/C=C\CC)OC(=O)CCCCCCC/C=C\CCCC)OC(=O)CCCC/C=C\C/C=C\C/C=C\C/C=C\CC. The summed E-state index contributed by atoms with van der Waals surface area (Å²) in [6.07, 6.45) is 79.7. The first-order valence-electron chi connectivity index (χ1n) is 36.7. The van der Waals surface area contributed by atoms with Crippen LogP contribution in [0.15, 0.2) is 158 Å². The van der Waals surface area contributed by atoms with Crippen molar-refractivity contribution in [2.24, 2.45) is 0 Å². The van der Waals surface area contributed by atoms with Gasteiger partial charge in [0.15, 0.2) is 12.2 Å². The van der Waals surface area contributed by atoms with Crippen molar-refractivity contribution in [1.29, 1.82) is 0 Å². The van der Waals surface area contributed by atoms with E-state index >= 15 is 0 Å². The maximum atomic E-state index is 13.1. The average Bonchev–Trinajstić information content (AvgIpc) is 0.986. The lowest BCUT2D eigenvalue weighted by atomic mass is 10.1. The number of aliphatic hydroxyl groups is 1. The van der Waals surface area contributed by atoms with E-state index in [1.807, 2.05) is 0 Å². The third-order valence-corrected chi connectivity index (χ3v) is 16.4. The maximum Gasteiger partial charge on any atom is 0.472 e. The number of phosphoric ester groups is 2. The first kappa shape index (κ1) is 92.7.